The van der Waals surface area contributed by atoms with Crippen molar-refractivity contribution in [1.29, 1.82) is 0 Å². The van der Waals surface area contributed by atoms with Gasteiger partial charge in [-0.2, -0.15) is 4.31 Å². The number of thiazole rings is 1. The lowest BCUT2D eigenvalue weighted by Gasteiger charge is -2.34. The maximum absolute atomic E-state index is 12.6. The lowest BCUT2D eigenvalue weighted by atomic mass is 10.00. The average molecular weight is 304 g/mol. The zero-order valence-corrected chi connectivity index (χ0v) is 12.9. The molecular weight excluding hydrogens is 284 g/mol. The second-order valence-electron chi connectivity index (χ2n) is 5.05. The molecule has 1 saturated heterocycles. The summed E-state index contributed by atoms with van der Waals surface area (Å²) in [6, 6.07) is -0.0962. The van der Waals surface area contributed by atoms with Crippen LogP contribution >= 0.6 is 11.3 Å². The van der Waals surface area contributed by atoms with Crippen LogP contribution in [0.25, 0.3) is 0 Å². The summed E-state index contributed by atoms with van der Waals surface area (Å²) >= 11 is 1.21. The van der Waals surface area contributed by atoms with E-state index in [9.17, 15) is 13.5 Å². The van der Waals surface area contributed by atoms with E-state index in [1.165, 1.54) is 17.5 Å². The van der Waals surface area contributed by atoms with Crippen molar-refractivity contribution < 1.29 is 13.5 Å². The van der Waals surface area contributed by atoms with E-state index < -0.39 is 16.1 Å². The minimum atomic E-state index is -3.46. The highest BCUT2D eigenvalue weighted by molar-refractivity contribution is 7.91. The summed E-state index contributed by atoms with van der Waals surface area (Å²) in [4.78, 5) is 4.03. The van der Waals surface area contributed by atoms with Gasteiger partial charge in [0.1, 0.15) is 0 Å². The summed E-state index contributed by atoms with van der Waals surface area (Å²) in [6.07, 6.45) is 4.17. The summed E-state index contributed by atoms with van der Waals surface area (Å²) in [5.41, 5.74) is 0. The monoisotopic (exact) mass is 304 g/mol. The molecule has 0 spiro atoms. The third-order valence-corrected chi connectivity index (χ3v) is 6.65. The Labute approximate surface area is 118 Å². The van der Waals surface area contributed by atoms with Gasteiger partial charge in [0.2, 0.25) is 0 Å². The largest absolute Gasteiger partial charge is 0.393 e. The molecule has 0 bridgehead atoms. The highest BCUT2D eigenvalue weighted by Gasteiger charge is 2.34. The number of aliphatic hydroxyl groups is 1. The second kappa shape index (κ2) is 5.87. The Kier molecular flexibility index (Phi) is 4.60. The van der Waals surface area contributed by atoms with E-state index in [2.05, 4.69) is 4.98 Å². The Hall–Kier alpha value is -0.500. The van der Waals surface area contributed by atoms with Crippen LogP contribution in [0.4, 0.5) is 0 Å². The molecule has 0 radical (unpaired) electrons. The van der Waals surface area contributed by atoms with Gasteiger partial charge in [-0.05, 0) is 33.1 Å². The summed E-state index contributed by atoms with van der Waals surface area (Å²) in [6.45, 7) is 4.04. The van der Waals surface area contributed by atoms with E-state index in [1.807, 2.05) is 0 Å². The van der Waals surface area contributed by atoms with Gasteiger partial charge in [0.05, 0.1) is 17.3 Å². The van der Waals surface area contributed by atoms with Gasteiger partial charge >= 0.3 is 0 Å². The number of aromatic nitrogens is 1. The number of piperidine rings is 1. The Morgan fingerprint density at radius 3 is 2.89 bits per heavy atom. The van der Waals surface area contributed by atoms with Crippen LogP contribution in [0, 0.1) is 6.92 Å². The molecule has 1 aliphatic rings. The number of rotatable bonds is 4. The number of aliphatic hydroxyl groups excluding tert-OH is 1. The van der Waals surface area contributed by atoms with E-state index in [-0.39, 0.29) is 6.04 Å². The molecule has 2 rings (SSSR count). The standard InChI is InChI=1S/C12H20N2O3S2/c1-9(15)7-11-5-3-4-6-14(11)19(16,17)12-8-13-10(2)18-12/h8-9,11,15H,3-7H2,1-2H3. The van der Waals surface area contributed by atoms with Crippen molar-refractivity contribution in [3.63, 3.8) is 0 Å². The van der Waals surface area contributed by atoms with Gasteiger partial charge in [-0.15, -0.1) is 11.3 Å². The number of nitrogens with zero attached hydrogens (tertiary/aromatic N) is 2. The smallest absolute Gasteiger partial charge is 0.254 e. The van der Waals surface area contributed by atoms with Gasteiger partial charge < -0.3 is 5.11 Å². The average Bonchev–Trinajstić information content (AvgIpc) is 2.76. The molecule has 1 aromatic heterocycles. The summed E-state index contributed by atoms with van der Waals surface area (Å²) in [5.74, 6) is 0. The van der Waals surface area contributed by atoms with E-state index in [4.69, 9.17) is 0 Å². The van der Waals surface area contributed by atoms with Crippen LogP contribution in [0.15, 0.2) is 10.4 Å². The lowest BCUT2D eigenvalue weighted by Crippen LogP contribution is -2.44. The first kappa shape index (κ1) is 14.9. The summed E-state index contributed by atoms with van der Waals surface area (Å²) in [5, 5.41) is 10.3. The molecule has 1 fully saturated rings. The Bertz CT molecular complexity index is 525. The van der Waals surface area contributed by atoms with E-state index >= 15 is 0 Å². The first-order valence-corrected chi connectivity index (χ1v) is 8.79. The summed E-state index contributed by atoms with van der Waals surface area (Å²) in [7, 11) is -3.46. The minimum absolute atomic E-state index is 0.0962. The molecule has 2 heterocycles. The third-order valence-electron chi connectivity index (χ3n) is 3.35. The van der Waals surface area contributed by atoms with Crippen molar-refractivity contribution in [3.05, 3.63) is 11.2 Å². The quantitative estimate of drug-likeness (QED) is 0.920. The molecule has 2 unspecified atom stereocenters. The van der Waals surface area contributed by atoms with E-state index in [1.54, 1.807) is 18.2 Å². The predicted octanol–water partition coefficient (Wildman–Crippen LogP) is 1.77. The van der Waals surface area contributed by atoms with Gasteiger partial charge in [0.15, 0.2) is 4.21 Å². The van der Waals surface area contributed by atoms with Crippen molar-refractivity contribution in [3.8, 4) is 0 Å². The van der Waals surface area contributed by atoms with Crippen LogP contribution in [-0.2, 0) is 10.0 Å². The number of hydrogen-bond acceptors (Lipinski definition) is 5. The number of sulfonamides is 1. The van der Waals surface area contributed by atoms with Gasteiger partial charge in [0.25, 0.3) is 10.0 Å². The fraction of sp³-hybridized carbons (Fsp3) is 0.750. The topological polar surface area (TPSA) is 70.5 Å². The van der Waals surface area contributed by atoms with Crippen LogP contribution in [-0.4, -0.2) is 41.5 Å². The molecule has 2 atom stereocenters. The Balaban J connectivity index is 2.26. The van der Waals surface area contributed by atoms with E-state index in [0.717, 1.165) is 24.3 Å². The second-order valence-corrected chi connectivity index (χ2v) is 8.40. The van der Waals surface area contributed by atoms with Crippen molar-refractivity contribution in [2.24, 2.45) is 0 Å². The highest BCUT2D eigenvalue weighted by Crippen LogP contribution is 2.30. The molecule has 0 aromatic carbocycles. The van der Waals surface area contributed by atoms with Crippen LogP contribution in [0.3, 0.4) is 0 Å². The molecule has 0 saturated carbocycles. The van der Waals surface area contributed by atoms with Crippen LogP contribution in [0.5, 0.6) is 0 Å². The maximum atomic E-state index is 12.6. The first-order valence-electron chi connectivity index (χ1n) is 6.53. The van der Waals surface area contributed by atoms with Crippen molar-refractivity contribution in [2.45, 2.75) is 55.9 Å². The zero-order chi connectivity index (χ0) is 14.0. The van der Waals surface area contributed by atoms with Gasteiger partial charge in [0, 0.05) is 12.6 Å². The molecule has 0 aliphatic carbocycles. The molecular formula is C12H20N2O3S2. The minimum Gasteiger partial charge on any atom is -0.393 e. The lowest BCUT2D eigenvalue weighted by molar-refractivity contribution is 0.132. The van der Waals surface area contributed by atoms with Gasteiger partial charge in [-0.3, -0.25) is 0 Å². The molecule has 0 amide bonds. The molecule has 108 valence electrons. The molecule has 19 heavy (non-hydrogen) atoms. The van der Waals surface area contributed by atoms with Crippen LogP contribution in [0.2, 0.25) is 0 Å². The summed E-state index contributed by atoms with van der Waals surface area (Å²) < 4.78 is 27.1. The molecule has 7 heteroatoms. The third kappa shape index (κ3) is 3.34. The Morgan fingerprint density at radius 1 is 1.58 bits per heavy atom. The molecule has 1 aliphatic heterocycles. The molecule has 1 N–H and O–H groups in total. The fourth-order valence-corrected chi connectivity index (χ4v) is 5.44. The zero-order valence-electron chi connectivity index (χ0n) is 11.2. The Morgan fingerprint density at radius 2 is 2.32 bits per heavy atom. The predicted molar refractivity (Wildman–Crippen MR) is 74.7 cm³/mol. The maximum Gasteiger partial charge on any atom is 0.254 e. The van der Waals surface area contributed by atoms with Crippen molar-refractivity contribution in [1.82, 2.24) is 9.29 Å². The normalized spacial score (nSPS) is 23.4. The van der Waals surface area contributed by atoms with Gasteiger partial charge in [-0.1, -0.05) is 6.42 Å². The van der Waals surface area contributed by atoms with Crippen molar-refractivity contribution in [2.75, 3.05) is 6.54 Å². The molecule has 1 aromatic rings. The first-order chi connectivity index (χ1) is 8.91. The van der Waals surface area contributed by atoms with Gasteiger partial charge in [-0.25, -0.2) is 13.4 Å². The highest BCUT2D eigenvalue weighted by atomic mass is 32.2. The van der Waals surface area contributed by atoms with Crippen LogP contribution in [0.1, 0.15) is 37.6 Å². The van der Waals surface area contributed by atoms with E-state index in [0.29, 0.717) is 17.2 Å². The molecule has 5 nitrogen and oxygen atoms in total. The number of aryl methyl sites for hydroxylation is 1. The SMILES string of the molecule is Cc1ncc(S(=O)(=O)N2CCCCC2CC(C)O)s1. The fourth-order valence-electron chi connectivity index (χ4n) is 2.50. The van der Waals surface area contributed by atoms with Crippen LogP contribution < -0.4 is 0 Å². The number of hydrogen-bond donors (Lipinski definition) is 1. The van der Waals surface area contributed by atoms with Crippen molar-refractivity contribution >= 4 is 21.4 Å².